The summed E-state index contributed by atoms with van der Waals surface area (Å²) in [5.74, 6) is 1.90. The van der Waals surface area contributed by atoms with Crippen LogP contribution in [0.25, 0.3) is 0 Å². The molecule has 1 nitrogen and oxygen atoms in total. The molecule has 1 fully saturated rings. The zero-order valence-electron chi connectivity index (χ0n) is 11.8. The molecule has 2 heteroatoms. The fourth-order valence-corrected chi connectivity index (χ4v) is 3.66. The number of likely N-dealkylation sites (tertiary alicyclic amines) is 1. The summed E-state index contributed by atoms with van der Waals surface area (Å²) < 4.78 is 0. The van der Waals surface area contributed by atoms with Gasteiger partial charge in [-0.05, 0) is 63.6 Å². The quantitative estimate of drug-likeness (QED) is 0.616. The second-order valence-electron chi connectivity index (χ2n) is 5.80. The number of nitrogens with zero attached hydrogens (tertiary/aromatic N) is 1. The smallest absolute Gasteiger partial charge is 0.00338 e. The highest BCUT2D eigenvalue weighted by atomic mass is 79.9. The van der Waals surface area contributed by atoms with Gasteiger partial charge in [-0.3, -0.25) is 0 Å². The third-order valence-corrected chi connectivity index (χ3v) is 4.64. The molecule has 0 aromatic rings. The van der Waals surface area contributed by atoms with E-state index in [1.54, 1.807) is 0 Å². The highest BCUT2D eigenvalue weighted by molar-refractivity contribution is 9.09. The van der Waals surface area contributed by atoms with Crippen LogP contribution in [0.2, 0.25) is 0 Å². The SMILES string of the molecule is CCCC1CCCN(CCC(C)CCBr)CC1. The Kier molecular flexibility index (Phi) is 8.55. The zero-order valence-corrected chi connectivity index (χ0v) is 13.3. The maximum atomic E-state index is 3.54. The van der Waals surface area contributed by atoms with Gasteiger partial charge in [0.05, 0.1) is 0 Å². The topological polar surface area (TPSA) is 3.24 Å². The van der Waals surface area contributed by atoms with Crippen molar-refractivity contribution in [2.75, 3.05) is 25.0 Å². The van der Waals surface area contributed by atoms with Crippen LogP contribution in [-0.2, 0) is 0 Å². The Bertz CT molecular complexity index is 184. The Labute approximate surface area is 116 Å². The highest BCUT2D eigenvalue weighted by Crippen LogP contribution is 2.22. The molecule has 0 aliphatic carbocycles. The van der Waals surface area contributed by atoms with Crippen molar-refractivity contribution in [2.24, 2.45) is 11.8 Å². The molecule has 0 aromatic heterocycles. The van der Waals surface area contributed by atoms with Gasteiger partial charge in [-0.15, -0.1) is 0 Å². The first-order chi connectivity index (χ1) is 8.26. The summed E-state index contributed by atoms with van der Waals surface area (Å²) in [5, 5.41) is 1.16. The molecule has 17 heavy (non-hydrogen) atoms. The van der Waals surface area contributed by atoms with Crippen LogP contribution in [0.4, 0.5) is 0 Å². The van der Waals surface area contributed by atoms with Crippen molar-refractivity contribution >= 4 is 15.9 Å². The normalized spacial score (nSPS) is 24.5. The van der Waals surface area contributed by atoms with Crippen molar-refractivity contribution in [1.29, 1.82) is 0 Å². The number of alkyl halides is 1. The average molecular weight is 304 g/mol. The van der Waals surface area contributed by atoms with Crippen LogP contribution in [0.15, 0.2) is 0 Å². The fourth-order valence-electron chi connectivity index (χ4n) is 2.88. The molecule has 2 unspecified atom stereocenters. The molecular weight excluding hydrogens is 274 g/mol. The molecule has 0 saturated carbocycles. The van der Waals surface area contributed by atoms with Crippen LogP contribution >= 0.6 is 15.9 Å². The van der Waals surface area contributed by atoms with E-state index in [9.17, 15) is 0 Å². The number of hydrogen-bond donors (Lipinski definition) is 0. The van der Waals surface area contributed by atoms with Crippen molar-refractivity contribution < 1.29 is 0 Å². The van der Waals surface area contributed by atoms with E-state index in [-0.39, 0.29) is 0 Å². The van der Waals surface area contributed by atoms with E-state index >= 15 is 0 Å². The number of halogens is 1. The van der Waals surface area contributed by atoms with Crippen molar-refractivity contribution in [3.63, 3.8) is 0 Å². The van der Waals surface area contributed by atoms with Crippen LogP contribution in [0.1, 0.15) is 58.8 Å². The summed E-state index contributed by atoms with van der Waals surface area (Å²) in [4.78, 5) is 2.71. The summed E-state index contributed by atoms with van der Waals surface area (Å²) in [5.41, 5.74) is 0. The van der Waals surface area contributed by atoms with E-state index in [1.807, 2.05) is 0 Å². The summed E-state index contributed by atoms with van der Waals surface area (Å²) in [6.45, 7) is 8.74. The van der Waals surface area contributed by atoms with Crippen LogP contribution in [0.5, 0.6) is 0 Å². The first-order valence-electron chi connectivity index (χ1n) is 7.54. The van der Waals surface area contributed by atoms with E-state index in [0.717, 1.165) is 17.2 Å². The minimum absolute atomic E-state index is 0.879. The van der Waals surface area contributed by atoms with E-state index in [2.05, 4.69) is 34.7 Å². The Balaban J connectivity index is 2.17. The molecule has 0 radical (unpaired) electrons. The molecule has 1 aliphatic rings. The molecular formula is C15H30BrN. The standard InChI is InChI=1S/C15H30BrN/c1-3-5-15-6-4-11-17(13-9-15)12-8-14(2)7-10-16/h14-15H,3-13H2,1-2H3. The van der Waals surface area contributed by atoms with Gasteiger partial charge in [0.15, 0.2) is 0 Å². The van der Waals surface area contributed by atoms with E-state index in [4.69, 9.17) is 0 Å². The van der Waals surface area contributed by atoms with Gasteiger partial charge < -0.3 is 4.90 Å². The lowest BCUT2D eigenvalue weighted by Crippen LogP contribution is -2.27. The Hall–Kier alpha value is 0.440. The molecule has 1 heterocycles. The van der Waals surface area contributed by atoms with Crippen LogP contribution in [0, 0.1) is 11.8 Å². The van der Waals surface area contributed by atoms with Crippen LogP contribution < -0.4 is 0 Å². The fraction of sp³-hybridized carbons (Fsp3) is 1.00. The predicted molar refractivity (Wildman–Crippen MR) is 80.9 cm³/mol. The number of rotatable bonds is 7. The zero-order chi connectivity index (χ0) is 12.5. The molecule has 2 atom stereocenters. The molecule has 0 N–H and O–H groups in total. The lowest BCUT2D eigenvalue weighted by molar-refractivity contribution is 0.258. The van der Waals surface area contributed by atoms with Crippen molar-refractivity contribution in [2.45, 2.75) is 58.8 Å². The third-order valence-electron chi connectivity index (χ3n) is 4.18. The predicted octanol–water partition coefficient (Wildman–Crippen LogP) is 4.70. The maximum Gasteiger partial charge on any atom is 0.00338 e. The van der Waals surface area contributed by atoms with Gasteiger partial charge in [0.25, 0.3) is 0 Å². The Morgan fingerprint density at radius 1 is 1.24 bits per heavy atom. The first kappa shape index (κ1) is 15.5. The van der Waals surface area contributed by atoms with Gasteiger partial charge in [-0.25, -0.2) is 0 Å². The summed E-state index contributed by atoms with van der Waals surface area (Å²) in [6.07, 6.45) is 9.87. The minimum atomic E-state index is 0.879. The molecule has 1 saturated heterocycles. The third kappa shape index (κ3) is 6.81. The molecule has 102 valence electrons. The highest BCUT2D eigenvalue weighted by Gasteiger charge is 2.16. The lowest BCUT2D eigenvalue weighted by Gasteiger charge is -2.22. The van der Waals surface area contributed by atoms with Crippen molar-refractivity contribution in [1.82, 2.24) is 4.90 Å². The molecule has 1 aliphatic heterocycles. The van der Waals surface area contributed by atoms with Crippen LogP contribution in [-0.4, -0.2) is 29.9 Å². The largest absolute Gasteiger partial charge is 0.303 e. The van der Waals surface area contributed by atoms with Gasteiger partial charge >= 0.3 is 0 Å². The van der Waals surface area contributed by atoms with E-state index in [0.29, 0.717) is 0 Å². The second-order valence-corrected chi connectivity index (χ2v) is 6.59. The van der Waals surface area contributed by atoms with Gasteiger partial charge in [0.2, 0.25) is 0 Å². The monoisotopic (exact) mass is 303 g/mol. The molecule has 0 spiro atoms. The Morgan fingerprint density at radius 3 is 2.76 bits per heavy atom. The van der Waals surface area contributed by atoms with Crippen LogP contribution in [0.3, 0.4) is 0 Å². The number of hydrogen-bond acceptors (Lipinski definition) is 1. The molecule has 1 rings (SSSR count). The van der Waals surface area contributed by atoms with E-state index < -0.39 is 0 Å². The second kappa shape index (κ2) is 9.38. The van der Waals surface area contributed by atoms with E-state index in [1.165, 1.54) is 64.6 Å². The Morgan fingerprint density at radius 2 is 2.06 bits per heavy atom. The minimum Gasteiger partial charge on any atom is -0.303 e. The van der Waals surface area contributed by atoms with Gasteiger partial charge in [-0.1, -0.05) is 42.6 Å². The lowest BCUT2D eigenvalue weighted by atomic mass is 9.96. The summed E-state index contributed by atoms with van der Waals surface area (Å²) in [7, 11) is 0. The van der Waals surface area contributed by atoms with Crippen molar-refractivity contribution in [3.05, 3.63) is 0 Å². The van der Waals surface area contributed by atoms with Gasteiger partial charge in [-0.2, -0.15) is 0 Å². The first-order valence-corrected chi connectivity index (χ1v) is 8.66. The van der Waals surface area contributed by atoms with Gasteiger partial charge in [0, 0.05) is 5.33 Å². The van der Waals surface area contributed by atoms with Crippen molar-refractivity contribution in [3.8, 4) is 0 Å². The summed E-state index contributed by atoms with van der Waals surface area (Å²) in [6, 6.07) is 0. The average Bonchev–Trinajstić information content (AvgIpc) is 2.53. The van der Waals surface area contributed by atoms with Gasteiger partial charge in [0.1, 0.15) is 0 Å². The molecule has 0 bridgehead atoms. The molecule has 0 aromatic carbocycles. The summed E-state index contributed by atoms with van der Waals surface area (Å²) >= 11 is 3.54. The molecule has 0 amide bonds. The maximum absolute atomic E-state index is 3.54.